The molecule has 0 aromatic carbocycles. The van der Waals surface area contributed by atoms with Gasteiger partial charge in [0, 0.05) is 20.0 Å². The summed E-state index contributed by atoms with van der Waals surface area (Å²) in [6.07, 6.45) is 0. The maximum absolute atomic E-state index is 0. The van der Waals surface area contributed by atoms with Gasteiger partial charge in [-0.2, -0.15) is 0 Å². The van der Waals surface area contributed by atoms with Gasteiger partial charge in [0.05, 0.1) is 0 Å². The van der Waals surface area contributed by atoms with Crippen LogP contribution in [0.4, 0.5) is 0 Å². The van der Waals surface area contributed by atoms with Gasteiger partial charge >= 0.3 is 0 Å². The topological polar surface area (TPSA) is 560 Å². The highest BCUT2D eigenvalue weighted by Crippen LogP contribution is 0.235. The first-order chi connectivity index (χ1) is 0. The predicted octanol–water partition coefficient (Wildman–Crippen LogP) is 63.3. The van der Waals surface area contributed by atoms with Crippen LogP contribution in [0.25, 0.3) is 0 Å². The largest absolute Gasteiger partial charge is 0.344 e. The normalized spacial score (nSPS) is 0. The number of hydrogen-bond donors (Lipinski definition) is 16. The van der Waals surface area contributed by atoms with Crippen LogP contribution in [0.5, 0.6) is 0 Å². The second-order valence-corrected chi connectivity index (χ2v) is 0. The Morgan fingerprint density at radius 1 is 0.0283 bits per heavy atom. The van der Waals surface area contributed by atoms with E-state index in [1.165, 1.54) is 0 Å². The zero-order valence-electron chi connectivity index (χ0n) is 11.3. The highest BCUT2D eigenvalue weighted by Gasteiger charge is 0.0156. The summed E-state index contributed by atoms with van der Waals surface area (Å²) in [5, 5.41) is 0. The van der Waals surface area contributed by atoms with Crippen LogP contribution in [0.3, 0.4) is 0 Å². The van der Waals surface area contributed by atoms with Crippen LogP contribution in [0.1, 0.15) is 688 Å². The van der Waals surface area contributed by atoms with Gasteiger partial charge in [-0.3, -0.25) is 0 Å². The highest BCUT2D eigenvalue weighted by molar-refractivity contribution is 2.60. The first-order valence-corrected chi connectivity index (χ1v) is 0. The minimum atomic E-state index is 0. The van der Waals surface area contributed by atoms with Crippen molar-refractivity contribution in [2.75, 3.05) is 0 Å². The van der Waals surface area contributed by atoms with Crippen LogP contribution in [0.15, 0.2) is 0 Å². The second-order valence-electron chi connectivity index (χ2n) is 0. The summed E-state index contributed by atoms with van der Waals surface area (Å²) in [5.74, 6) is 0. The summed E-state index contributed by atoms with van der Waals surface area (Å²) < 4.78 is 0. The van der Waals surface area contributed by atoms with Crippen LogP contribution in [0, 0.1) is 0 Å². The minimum Gasteiger partial charge on any atom is -0.344 e. The minimum absolute atomic E-state index is 0. The van der Waals surface area contributed by atoms with E-state index >= 15 is 0 Å². The first kappa shape index (κ1) is 2800000. The SMILES string of the molecule is C.C.C.C.C.C.C.C.C.C.C.C.C.C.C.C.C.C.C.C.C.C.C.C.C.C.C.C.C.C.C.C.C.C.C.C.C.C.C.C.C.C.C.C.C.C.C.C.C.C.C.C.C.C.C.C.C.C.C.C.C.C.C.C.C.C.C.C.C.C.C.C.C.C.C.C.C.C.C.C.C.C.C.C.C.C.C.C.C.C.N.N.N.N.N.N.N.N.N.N.N.N.N.N.N.N.[3HH].[3HH].[3HH].[3HH].[3HH].[3HH].[3HH].[3HH].[3HH].[3HH].[3HH].[3HH].[3HH].[3HH]. The lowest BCUT2D eigenvalue weighted by molar-refractivity contribution is 2.13. The highest BCUT2D eigenvalue weighted by atomic mass is 14.0. The average Bonchev–Trinajstić information content (AvgIpc) is 0. The summed E-state index contributed by atoms with van der Waals surface area (Å²) >= 11 is 0. The van der Waals surface area contributed by atoms with E-state index in [9.17, 15) is 0 Å². The van der Waals surface area contributed by atoms with Gasteiger partial charge in [0.1, 0.15) is 0 Å². The molecule has 0 aromatic rings. The van der Waals surface area contributed by atoms with Crippen molar-refractivity contribution in [1.82, 2.24) is 98.4 Å². The molecule has 0 heterocycles. The van der Waals surface area contributed by atoms with Crippen molar-refractivity contribution in [3.05, 3.63) is 0 Å². The Kier molecular flexibility index (Phi) is 71900000000. The predicted molar refractivity (Wildman–Crippen MR) is 716 cm³/mol. The quantitative estimate of drug-likeness (QED) is 0.107. The Labute approximate surface area is 784 Å². The van der Waals surface area contributed by atoms with Gasteiger partial charge in [-0.1, -0.05) is 668 Å². The Morgan fingerprint density at radius 3 is 0.0283 bits per heavy atom. The molecule has 0 amide bonds. The molecule has 0 aliphatic carbocycles. The van der Waals surface area contributed by atoms with Crippen molar-refractivity contribution in [3.63, 3.8) is 0 Å². The third-order valence-electron chi connectivity index (χ3n) is 0. The molecule has 0 radical (unpaired) electrons. The molecule has 0 aromatic heterocycles. The smallest absolute Gasteiger partial charge is 0 e. The number of hydrogen-bond acceptors (Lipinski definition) is 16. The summed E-state index contributed by atoms with van der Waals surface area (Å²) in [6.45, 7) is 0. The zero-order valence-corrected chi connectivity index (χ0v) is 11.3. The molecular formula is C90H436N16. The van der Waals surface area contributed by atoms with Crippen molar-refractivity contribution < 1.29 is 20.0 Å². The van der Waals surface area contributed by atoms with Crippen LogP contribution in [-0.2, 0) is 0 Å². The van der Waals surface area contributed by atoms with E-state index in [-0.39, 0.29) is 787 Å². The van der Waals surface area contributed by atoms with Gasteiger partial charge < -0.3 is 98.4 Å². The fraction of sp³-hybridized carbons (Fsp3) is 1.00. The zero-order chi connectivity index (χ0) is 0. The molecule has 0 spiro atoms. The van der Waals surface area contributed by atoms with Crippen molar-refractivity contribution in [3.8, 4) is 0 Å². The van der Waals surface area contributed by atoms with E-state index in [1.54, 1.807) is 0 Å². The van der Waals surface area contributed by atoms with Crippen molar-refractivity contribution >= 4 is 0 Å². The molecule has 876 valence electrons. The van der Waals surface area contributed by atoms with Gasteiger partial charge in [0.15, 0.2) is 0 Å². The van der Waals surface area contributed by atoms with E-state index in [4.69, 9.17) is 0 Å². The van der Waals surface area contributed by atoms with E-state index in [0.717, 1.165) is 0 Å². The fourth-order valence-electron chi connectivity index (χ4n) is 0. The Bertz CT molecular complexity index is 127. The standard InChI is InChI=1S/90CH4.16H3N.14H2/h90*1H4;16*1H3;14*1H/i;;;;;;;;;;;;;;;;;;;;;;;;;;;;;;;;;;;;;;;;;;;;;;;;;;;;;;;;;;;;;;;;;;;;;;;;;;;;;;;;;;;;;;;;;;;;;;;;;;;;;;;;;;14*1+2. The summed E-state index contributed by atoms with van der Waals surface area (Å²) in [6, 6.07) is 0. The van der Waals surface area contributed by atoms with Gasteiger partial charge in [0.2, 0.25) is 0 Å². The summed E-state index contributed by atoms with van der Waals surface area (Å²) in [5.41, 5.74) is 0. The van der Waals surface area contributed by atoms with E-state index in [2.05, 4.69) is 0 Å². The van der Waals surface area contributed by atoms with Gasteiger partial charge in [-0.05, 0) is 0 Å². The lowest BCUT2D eigenvalue weighted by Crippen LogP contribution is -0.482. The molecule has 0 saturated carbocycles. The number of rotatable bonds is 0. The Balaban J connectivity index is 0. The summed E-state index contributed by atoms with van der Waals surface area (Å²) in [7, 11) is 0. The Morgan fingerprint density at radius 2 is 0.0283 bits per heavy atom. The fourth-order valence-corrected chi connectivity index (χ4v) is 0. The average molecular weight is 1770 g/mol. The molecule has 0 rings (SSSR count). The molecule has 0 saturated heterocycles. The van der Waals surface area contributed by atoms with Crippen molar-refractivity contribution in [2.24, 2.45) is 0 Å². The van der Waals surface area contributed by atoms with Crippen molar-refractivity contribution in [2.45, 2.75) is 668 Å². The maximum Gasteiger partial charge on any atom is 0 e. The molecule has 0 bridgehead atoms. The molecule has 48 N–H and O–H groups in total. The van der Waals surface area contributed by atoms with Crippen LogP contribution in [-0.4, -0.2) is 0 Å². The molecule has 0 aliphatic rings. The van der Waals surface area contributed by atoms with E-state index in [1.807, 2.05) is 0 Å². The summed E-state index contributed by atoms with van der Waals surface area (Å²) in [4.78, 5) is 0. The van der Waals surface area contributed by atoms with Gasteiger partial charge in [-0.15, -0.1) is 0 Å². The monoisotopic (exact) mass is 1770 g/mol. The maximum atomic E-state index is 0. The van der Waals surface area contributed by atoms with E-state index in [0.29, 0.717) is 0 Å². The lowest BCUT2D eigenvalue weighted by atomic mass is 12.0. The van der Waals surface area contributed by atoms with Crippen LogP contribution >= 0.6 is 0 Å². The molecule has 106 heavy (non-hydrogen) atoms. The molecule has 0 fully saturated rings. The van der Waals surface area contributed by atoms with Crippen molar-refractivity contribution in [1.29, 1.82) is 0 Å². The Hall–Kier alpha value is -0.640. The molecule has 0 unspecified atom stereocenters. The van der Waals surface area contributed by atoms with Gasteiger partial charge in [0.25, 0.3) is 0 Å². The molecule has 0 aliphatic heterocycles. The molecule has 16 heteroatoms. The molecule has 0 atom stereocenters. The third-order valence-corrected chi connectivity index (χ3v) is 0. The van der Waals surface area contributed by atoms with Crippen LogP contribution in [0.2, 0.25) is 0 Å². The first-order valence-electron chi connectivity index (χ1n) is 0. The van der Waals surface area contributed by atoms with Crippen LogP contribution < -0.4 is 98.4 Å². The van der Waals surface area contributed by atoms with E-state index < -0.39 is 0 Å². The molecule has 16 nitrogen and oxygen atoms in total. The third kappa shape index (κ3) is 2640000. The molecular weight excluding hydrogens is 1310 g/mol. The lowest BCUT2D eigenvalue weighted by Gasteiger charge is -0.345. The second kappa shape index (κ2) is 2720000. The van der Waals surface area contributed by atoms with Gasteiger partial charge in [-0.25, -0.2) is 0 Å².